The first-order chi connectivity index (χ1) is 10.2. The van der Waals surface area contributed by atoms with Crippen LogP contribution in [-0.4, -0.2) is 19.8 Å². The van der Waals surface area contributed by atoms with Gasteiger partial charge in [0.25, 0.3) is 0 Å². The molecule has 2 rings (SSSR count). The zero-order chi connectivity index (χ0) is 16.5. The fourth-order valence-electron chi connectivity index (χ4n) is 2.88. The van der Waals surface area contributed by atoms with E-state index in [0.29, 0.717) is 11.4 Å². The Morgan fingerprint density at radius 3 is 2.05 bits per heavy atom. The van der Waals surface area contributed by atoms with Crippen LogP contribution in [-0.2, 0) is 16.6 Å². The van der Waals surface area contributed by atoms with Crippen molar-refractivity contribution in [2.45, 2.75) is 39.1 Å². The summed E-state index contributed by atoms with van der Waals surface area (Å²) in [4.78, 5) is 0.424. The van der Waals surface area contributed by atoms with Crippen LogP contribution in [0.3, 0.4) is 0 Å². The van der Waals surface area contributed by atoms with Gasteiger partial charge in [-0.2, -0.15) is 4.31 Å². The molecule has 0 unspecified atom stereocenters. The van der Waals surface area contributed by atoms with Crippen LogP contribution in [0.2, 0.25) is 0 Å². The SMILES string of the molecule is Cc1cccc(CN(C)S(=O)(=O)c2c(C)cc(C)cc2C)c1. The van der Waals surface area contributed by atoms with Crippen LogP contribution in [0.5, 0.6) is 0 Å². The summed E-state index contributed by atoms with van der Waals surface area (Å²) < 4.78 is 27.2. The second kappa shape index (κ2) is 6.23. The summed E-state index contributed by atoms with van der Waals surface area (Å²) in [5, 5.41) is 0. The van der Waals surface area contributed by atoms with Crippen molar-refractivity contribution >= 4 is 10.0 Å². The largest absolute Gasteiger partial charge is 0.243 e. The van der Waals surface area contributed by atoms with Gasteiger partial charge in [0.15, 0.2) is 0 Å². The molecule has 4 heteroatoms. The standard InChI is InChI=1S/C18H23NO2S/c1-13-7-6-8-17(11-13)12-19(5)22(20,21)18-15(3)9-14(2)10-16(18)4/h6-11H,12H2,1-5H3. The number of rotatable bonds is 4. The van der Waals surface area contributed by atoms with E-state index in [2.05, 4.69) is 0 Å². The van der Waals surface area contributed by atoms with Gasteiger partial charge in [0.2, 0.25) is 10.0 Å². The molecule has 0 aliphatic carbocycles. The molecule has 0 aromatic heterocycles. The van der Waals surface area contributed by atoms with E-state index < -0.39 is 10.0 Å². The maximum Gasteiger partial charge on any atom is 0.243 e. The van der Waals surface area contributed by atoms with E-state index in [1.165, 1.54) is 4.31 Å². The molecule has 2 aromatic rings. The predicted octanol–water partition coefficient (Wildman–Crippen LogP) is 3.74. The van der Waals surface area contributed by atoms with Crippen molar-refractivity contribution < 1.29 is 8.42 Å². The summed E-state index contributed by atoms with van der Waals surface area (Å²) in [5.41, 5.74) is 4.80. The summed E-state index contributed by atoms with van der Waals surface area (Å²) in [6, 6.07) is 11.8. The van der Waals surface area contributed by atoms with Gasteiger partial charge >= 0.3 is 0 Å². The highest BCUT2D eigenvalue weighted by Crippen LogP contribution is 2.25. The molecule has 0 fully saturated rings. The third kappa shape index (κ3) is 3.39. The van der Waals surface area contributed by atoms with Crippen LogP contribution < -0.4 is 0 Å². The number of nitrogens with zero attached hydrogens (tertiary/aromatic N) is 1. The van der Waals surface area contributed by atoms with Crippen LogP contribution in [0.25, 0.3) is 0 Å². The zero-order valence-corrected chi connectivity index (χ0v) is 14.7. The quantitative estimate of drug-likeness (QED) is 0.861. The van der Waals surface area contributed by atoms with Crippen LogP contribution in [0, 0.1) is 27.7 Å². The molecule has 22 heavy (non-hydrogen) atoms. The van der Waals surface area contributed by atoms with E-state index in [-0.39, 0.29) is 0 Å². The third-order valence-corrected chi connectivity index (χ3v) is 5.87. The Kier molecular flexibility index (Phi) is 4.73. The smallest absolute Gasteiger partial charge is 0.207 e. The summed E-state index contributed by atoms with van der Waals surface area (Å²) in [6.45, 7) is 8.07. The normalized spacial score (nSPS) is 11.9. The van der Waals surface area contributed by atoms with Crippen molar-refractivity contribution in [1.82, 2.24) is 4.31 Å². The lowest BCUT2D eigenvalue weighted by molar-refractivity contribution is 0.465. The van der Waals surface area contributed by atoms with Gasteiger partial charge in [0.05, 0.1) is 4.90 Å². The van der Waals surface area contributed by atoms with E-state index in [1.807, 2.05) is 64.1 Å². The molecule has 0 heterocycles. The van der Waals surface area contributed by atoms with Gasteiger partial charge in [-0.15, -0.1) is 0 Å². The fraction of sp³-hybridized carbons (Fsp3) is 0.333. The van der Waals surface area contributed by atoms with E-state index >= 15 is 0 Å². The Morgan fingerprint density at radius 2 is 1.50 bits per heavy atom. The van der Waals surface area contributed by atoms with Crippen LogP contribution in [0.4, 0.5) is 0 Å². The van der Waals surface area contributed by atoms with Crippen molar-refractivity contribution in [2.75, 3.05) is 7.05 Å². The van der Waals surface area contributed by atoms with Gasteiger partial charge in [-0.05, 0) is 44.4 Å². The lowest BCUT2D eigenvalue weighted by Crippen LogP contribution is -2.27. The highest BCUT2D eigenvalue weighted by molar-refractivity contribution is 7.89. The van der Waals surface area contributed by atoms with E-state index in [9.17, 15) is 8.42 Å². The van der Waals surface area contributed by atoms with E-state index in [0.717, 1.165) is 27.8 Å². The van der Waals surface area contributed by atoms with Gasteiger partial charge < -0.3 is 0 Å². The molecule has 0 saturated heterocycles. The second-order valence-corrected chi connectivity index (χ2v) is 7.96. The summed E-state index contributed by atoms with van der Waals surface area (Å²) in [5.74, 6) is 0. The third-order valence-electron chi connectivity index (χ3n) is 3.76. The minimum atomic E-state index is -3.49. The lowest BCUT2D eigenvalue weighted by Gasteiger charge is -2.20. The first-order valence-electron chi connectivity index (χ1n) is 7.31. The molecule has 0 radical (unpaired) electrons. The minimum absolute atomic E-state index is 0.372. The van der Waals surface area contributed by atoms with Crippen LogP contribution >= 0.6 is 0 Å². The molecule has 3 nitrogen and oxygen atoms in total. The summed E-state index contributed by atoms with van der Waals surface area (Å²) in [7, 11) is -1.86. The molecule has 0 spiro atoms. The van der Waals surface area contributed by atoms with E-state index in [4.69, 9.17) is 0 Å². The van der Waals surface area contributed by atoms with Gasteiger partial charge in [0.1, 0.15) is 0 Å². The Bertz CT molecular complexity index is 771. The maximum atomic E-state index is 12.9. The number of sulfonamides is 1. The molecule has 0 saturated carbocycles. The average molecular weight is 317 g/mol. The highest BCUT2D eigenvalue weighted by atomic mass is 32.2. The predicted molar refractivity (Wildman–Crippen MR) is 90.5 cm³/mol. The average Bonchev–Trinajstić information content (AvgIpc) is 2.36. The Morgan fingerprint density at radius 1 is 0.909 bits per heavy atom. The topological polar surface area (TPSA) is 37.4 Å². The van der Waals surface area contributed by atoms with Crippen LogP contribution in [0.15, 0.2) is 41.3 Å². The van der Waals surface area contributed by atoms with E-state index in [1.54, 1.807) is 7.05 Å². The monoisotopic (exact) mass is 317 g/mol. The van der Waals surface area contributed by atoms with Crippen LogP contribution in [0.1, 0.15) is 27.8 Å². The van der Waals surface area contributed by atoms with Gasteiger partial charge in [-0.3, -0.25) is 0 Å². The lowest BCUT2D eigenvalue weighted by atomic mass is 10.1. The van der Waals surface area contributed by atoms with Gasteiger partial charge in [0, 0.05) is 13.6 Å². The molecule has 118 valence electrons. The maximum absolute atomic E-state index is 12.9. The Hall–Kier alpha value is -1.65. The molecule has 0 atom stereocenters. The first kappa shape index (κ1) is 16.7. The minimum Gasteiger partial charge on any atom is -0.207 e. The van der Waals surface area contributed by atoms with Gasteiger partial charge in [-0.25, -0.2) is 8.42 Å². The molecule has 0 bridgehead atoms. The summed E-state index contributed by atoms with van der Waals surface area (Å²) in [6.07, 6.45) is 0. The number of hydrogen-bond acceptors (Lipinski definition) is 2. The number of benzene rings is 2. The molecule has 0 aliphatic heterocycles. The summed E-state index contributed by atoms with van der Waals surface area (Å²) >= 11 is 0. The first-order valence-corrected chi connectivity index (χ1v) is 8.75. The molecular formula is C18H23NO2S. The van der Waals surface area contributed by atoms with Gasteiger partial charge in [-0.1, -0.05) is 47.5 Å². The highest BCUT2D eigenvalue weighted by Gasteiger charge is 2.25. The second-order valence-electron chi connectivity index (χ2n) is 5.98. The molecular weight excluding hydrogens is 294 g/mol. The Labute approximate surface area is 133 Å². The van der Waals surface area contributed by atoms with Crippen molar-refractivity contribution in [3.63, 3.8) is 0 Å². The zero-order valence-electron chi connectivity index (χ0n) is 13.8. The number of hydrogen-bond donors (Lipinski definition) is 0. The van der Waals surface area contributed by atoms with Crippen molar-refractivity contribution in [3.05, 3.63) is 64.2 Å². The fourth-order valence-corrected chi connectivity index (χ4v) is 4.44. The molecule has 0 amide bonds. The van der Waals surface area contributed by atoms with Crippen molar-refractivity contribution in [1.29, 1.82) is 0 Å². The Balaban J connectivity index is 2.38. The molecule has 2 aromatic carbocycles. The molecule has 0 aliphatic rings. The molecule has 0 N–H and O–H groups in total. The van der Waals surface area contributed by atoms with Crippen molar-refractivity contribution in [3.8, 4) is 0 Å². The van der Waals surface area contributed by atoms with Crippen molar-refractivity contribution in [2.24, 2.45) is 0 Å². The number of aryl methyl sites for hydroxylation is 4.